The summed E-state index contributed by atoms with van der Waals surface area (Å²) in [4.78, 5) is 46.3. The summed E-state index contributed by atoms with van der Waals surface area (Å²) in [5.41, 5.74) is 16.5. The number of allylic oxidation sites excluding steroid dienone is 1. The maximum Gasteiger partial charge on any atom is 0.255 e. The molecular weight excluding hydrogens is 1260 g/mol. The number of anilines is 3. The van der Waals surface area contributed by atoms with E-state index in [1.54, 1.807) is 48.5 Å². The Morgan fingerprint density at radius 1 is 0.611 bits per heavy atom. The molecule has 11 aromatic rings. The van der Waals surface area contributed by atoms with Gasteiger partial charge in [-0.3, -0.25) is 23.0 Å². The normalized spacial score (nSPS) is 14.3. The highest BCUT2D eigenvalue weighted by Crippen LogP contribution is 2.52. The third-order valence-corrected chi connectivity index (χ3v) is 20.6. The van der Waals surface area contributed by atoms with Gasteiger partial charge in [-0.05, 0) is 158 Å². The van der Waals surface area contributed by atoms with E-state index in [1.807, 2.05) is 30.3 Å². The lowest BCUT2D eigenvalue weighted by Gasteiger charge is -2.48. The van der Waals surface area contributed by atoms with Crippen LogP contribution in [0.1, 0.15) is 81.6 Å². The Hall–Kier alpha value is -10.4. The van der Waals surface area contributed by atoms with Gasteiger partial charge in [-0.25, -0.2) is 44.4 Å². The minimum atomic E-state index is -3.75. The first kappa shape index (κ1) is 63.4. The number of fused-ring (bicyclic) bond motifs is 9. The van der Waals surface area contributed by atoms with Gasteiger partial charge in [0.25, 0.3) is 11.8 Å². The van der Waals surface area contributed by atoms with Crippen molar-refractivity contribution in [1.29, 1.82) is 0 Å². The summed E-state index contributed by atoms with van der Waals surface area (Å²) in [6, 6.07) is 36.7. The highest BCUT2D eigenvalue weighted by Gasteiger charge is 2.45. The second kappa shape index (κ2) is 24.2. The molecule has 0 atom stereocenters. The van der Waals surface area contributed by atoms with Gasteiger partial charge in [-0.1, -0.05) is 24.3 Å². The van der Waals surface area contributed by atoms with Crippen LogP contribution in [0.25, 0.3) is 101 Å². The van der Waals surface area contributed by atoms with E-state index in [4.69, 9.17) is 24.5 Å². The lowest BCUT2D eigenvalue weighted by atomic mass is 9.70. The molecule has 2 fully saturated rings. The second-order valence-corrected chi connectivity index (χ2v) is 28.2. The molecule has 17 nitrogen and oxygen atoms in total. The minimum Gasteiger partial charge on any atom is -0.455 e. The number of nitrogens with zero attached hydrogens (tertiary/aromatic N) is 5. The Kier molecular flexibility index (Phi) is 16.1. The number of hydrogen-bond donors (Lipinski definition) is 3. The number of carbonyl (C=O) groups excluding carboxylic acids is 3. The molecule has 95 heavy (non-hydrogen) atoms. The van der Waals surface area contributed by atoms with Gasteiger partial charge >= 0.3 is 0 Å². The van der Waals surface area contributed by atoms with Crippen molar-refractivity contribution in [2.24, 2.45) is 0 Å². The summed E-state index contributed by atoms with van der Waals surface area (Å²) in [6.45, 7) is 0. The average Bonchev–Trinajstić information content (AvgIpc) is 1.63. The number of rotatable bonds is 11. The number of pyridine rings is 2. The van der Waals surface area contributed by atoms with Crippen molar-refractivity contribution in [1.82, 2.24) is 25.2 Å². The van der Waals surface area contributed by atoms with Crippen molar-refractivity contribution in [3.8, 4) is 56.6 Å². The van der Waals surface area contributed by atoms with Gasteiger partial charge in [0.05, 0.1) is 74.7 Å². The van der Waals surface area contributed by atoms with Gasteiger partial charge in [0.15, 0.2) is 0 Å². The lowest BCUT2D eigenvalue weighted by molar-refractivity contribution is -0.123. The molecule has 0 radical (unpaired) electrons. The summed E-state index contributed by atoms with van der Waals surface area (Å²) >= 11 is 0. The maximum absolute atomic E-state index is 15.1. The van der Waals surface area contributed by atoms with Gasteiger partial charge < -0.3 is 29.8 Å². The predicted octanol–water partition coefficient (Wildman–Crippen LogP) is 13.9. The molecule has 1 aliphatic heterocycles. The molecule has 0 saturated heterocycles. The highest BCUT2D eigenvalue weighted by atomic mass is 32.2. The number of ketones is 1. The molecule has 0 bridgehead atoms. The fraction of sp³-hybridized carbons (Fsp3) is 0.208. The zero-order valence-corrected chi connectivity index (χ0v) is 54.0. The van der Waals surface area contributed by atoms with Crippen molar-refractivity contribution in [3.63, 3.8) is 0 Å². The Morgan fingerprint density at radius 2 is 1.12 bits per heavy atom. The summed E-state index contributed by atoms with van der Waals surface area (Å²) in [6.07, 6.45) is 11.0. The first-order valence-corrected chi connectivity index (χ1v) is 34.2. The number of aromatic nitrogens is 3. The number of benzene rings is 6. The van der Waals surface area contributed by atoms with Crippen LogP contribution in [0, 0.1) is 23.3 Å². The number of furan rings is 2. The average molecular weight is 1320 g/mol. The molecule has 3 aliphatic carbocycles. The Morgan fingerprint density at radius 3 is 1.59 bits per heavy atom. The number of Topliss-reactive ketones (excluding diaryl/α,β-unsaturated/α-hetero) is 1. The van der Waals surface area contributed by atoms with Gasteiger partial charge in [-0.15, -0.1) is 0 Å². The van der Waals surface area contributed by atoms with Crippen LogP contribution in [0.15, 0.2) is 148 Å². The third-order valence-electron chi connectivity index (χ3n) is 18.2. The molecule has 484 valence electrons. The predicted molar refractivity (Wildman–Crippen MR) is 361 cm³/mol. The van der Waals surface area contributed by atoms with E-state index in [9.17, 15) is 44.4 Å². The minimum absolute atomic E-state index is 0.141. The van der Waals surface area contributed by atoms with Gasteiger partial charge in [0.2, 0.25) is 20.0 Å². The topological polar surface area (TPSA) is 233 Å². The second-order valence-electron chi connectivity index (χ2n) is 24.2. The molecule has 5 aromatic heterocycles. The number of sulfonamides is 2. The summed E-state index contributed by atoms with van der Waals surface area (Å²) in [7, 11) is -1.65. The molecule has 4 N–H and O–H groups in total. The van der Waals surface area contributed by atoms with Crippen LogP contribution < -0.4 is 25.0 Å². The van der Waals surface area contributed by atoms with Crippen LogP contribution in [-0.2, 0) is 43.2 Å². The monoisotopic (exact) mass is 1320 g/mol. The SMILES string of the molecule is CNC(=O)c1c(-c2ccc(F)cc2)oc2cc(N(C)S(C)(=O)=O)c(-c3ccc(N)c(C4=Cc5c(F)cccc5C4)n3)cc12.CNC(=O)c1c(-c2ccc(F)cc2)oc2cc(N(C)S(C)(=O)=O)c(-c3ccc4c(n3)-c3cc5c(F)cccc5n3C3(CCC3)C4)cc12.O=C1CCC1. The zero-order chi connectivity index (χ0) is 67.2. The van der Waals surface area contributed by atoms with Gasteiger partial charge in [0, 0.05) is 109 Å². The standard InChI is InChI=1S/C36H30F2N4O4S.C32H26F2N4O4S.C4H6O/c1-39-35(43)32-25-16-24(29(41(2)47(3,44)45)18-31(25)46-34(32)20-8-11-22(37)12-9-20)27-13-10-21-19-36(14-5-15-36)42-28-7-4-6-26(38)23(28)17-30(42)33(21)40-27;1-36-32(39)29-23-15-22(26-12-11-25(35)30(37-26)19-13-18-5-4-6-24(34)21(18)14-19)27(38(2)43(3,40)41)16-28(23)42-31(29)17-7-9-20(33)10-8-17;5-4-2-1-3-4/h4,6-13,16-18H,5,14-15,19H2,1-3H3,(H,39,43);4-12,14-16H,13,35H2,1-3H3,(H,36,39);1-3H2. The molecule has 0 unspecified atom stereocenters. The highest BCUT2D eigenvalue weighted by molar-refractivity contribution is 7.92. The van der Waals surface area contributed by atoms with E-state index in [-0.39, 0.29) is 56.7 Å². The van der Waals surface area contributed by atoms with Crippen LogP contribution in [0.2, 0.25) is 0 Å². The van der Waals surface area contributed by atoms with E-state index >= 15 is 4.39 Å². The molecular formula is C72H62F4N8O9S2. The fourth-order valence-electron chi connectivity index (χ4n) is 12.8. The molecule has 6 aromatic carbocycles. The van der Waals surface area contributed by atoms with Crippen LogP contribution in [0.3, 0.4) is 0 Å². The van der Waals surface area contributed by atoms with E-state index in [0.717, 1.165) is 88.4 Å². The number of nitrogens with two attached hydrogens (primary N) is 1. The van der Waals surface area contributed by atoms with E-state index in [1.165, 1.54) is 94.9 Å². The van der Waals surface area contributed by atoms with Crippen LogP contribution in [0.4, 0.5) is 34.6 Å². The quantitative estimate of drug-likeness (QED) is 0.103. The van der Waals surface area contributed by atoms with Crippen LogP contribution in [0.5, 0.6) is 0 Å². The number of amides is 2. The first-order valence-electron chi connectivity index (χ1n) is 30.5. The molecule has 6 heterocycles. The van der Waals surface area contributed by atoms with Crippen molar-refractivity contribution in [2.45, 2.75) is 56.9 Å². The van der Waals surface area contributed by atoms with Gasteiger partial charge in [-0.2, -0.15) is 0 Å². The summed E-state index contributed by atoms with van der Waals surface area (Å²) < 4.78 is 125. The number of carbonyl (C=O) groups is 3. The van der Waals surface area contributed by atoms with Crippen molar-refractivity contribution >= 4 is 99.2 Å². The largest absolute Gasteiger partial charge is 0.455 e. The molecule has 15 rings (SSSR count). The van der Waals surface area contributed by atoms with Crippen LogP contribution >= 0.6 is 0 Å². The molecule has 4 aliphatic rings. The smallest absolute Gasteiger partial charge is 0.255 e. The lowest BCUT2D eigenvalue weighted by Crippen LogP contribution is -2.45. The number of nitrogens with one attached hydrogen (secondary N) is 2. The molecule has 23 heteroatoms. The van der Waals surface area contributed by atoms with E-state index in [2.05, 4.69) is 15.2 Å². The number of hydrogen-bond acceptors (Lipinski definition) is 12. The Balaban J connectivity index is 0.000000161. The number of halogens is 4. The zero-order valence-electron chi connectivity index (χ0n) is 52.3. The van der Waals surface area contributed by atoms with Gasteiger partial charge in [0.1, 0.15) is 51.7 Å². The first-order chi connectivity index (χ1) is 45.3. The van der Waals surface area contributed by atoms with Crippen molar-refractivity contribution in [2.75, 3.05) is 55.0 Å². The van der Waals surface area contributed by atoms with E-state index < -0.39 is 43.5 Å². The maximum atomic E-state index is 15.1. The van der Waals surface area contributed by atoms with Crippen LogP contribution in [-0.4, -0.2) is 89.7 Å². The Bertz CT molecular complexity index is 5290. The van der Waals surface area contributed by atoms with E-state index in [0.29, 0.717) is 95.9 Å². The summed E-state index contributed by atoms with van der Waals surface area (Å²) in [5.74, 6) is -1.54. The fourth-order valence-corrected chi connectivity index (χ4v) is 13.9. The number of nitrogen functional groups attached to an aromatic ring is 1. The molecule has 2 amide bonds. The van der Waals surface area contributed by atoms with Crippen molar-refractivity contribution in [3.05, 3.63) is 196 Å². The molecule has 1 spiro atoms. The summed E-state index contributed by atoms with van der Waals surface area (Å²) in [5, 5.41) is 6.65. The third kappa shape index (κ3) is 11.4. The molecule has 2 saturated carbocycles. The Labute approximate surface area is 544 Å². The van der Waals surface area contributed by atoms with Crippen molar-refractivity contribution < 1.29 is 57.6 Å².